The zero-order chi connectivity index (χ0) is 12.1. The van der Waals surface area contributed by atoms with Crippen molar-refractivity contribution in [2.24, 2.45) is 5.90 Å². The van der Waals surface area contributed by atoms with E-state index in [1.165, 1.54) is 0 Å². The fourth-order valence-corrected chi connectivity index (χ4v) is 1.24. The van der Waals surface area contributed by atoms with Crippen molar-refractivity contribution in [1.29, 1.82) is 0 Å². The molecule has 1 rings (SSSR count). The Kier molecular flexibility index (Phi) is 4.30. The van der Waals surface area contributed by atoms with Crippen LogP contribution in [-0.2, 0) is 16.1 Å². The third kappa shape index (κ3) is 3.23. The smallest absolute Gasteiger partial charge is 0.324 e. The summed E-state index contributed by atoms with van der Waals surface area (Å²) in [5, 5.41) is 0. The Hall–Kier alpha value is -1.56. The molecule has 0 fully saturated rings. The largest absolute Gasteiger partial charge is 0.373 e. The highest BCUT2D eigenvalue weighted by atomic mass is 19.2. The molecule has 1 aromatic rings. The number of nitrogens with two attached hydrogens (primary N) is 1. The van der Waals surface area contributed by atoms with E-state index >= 15 is 0 Å². The fourth-order valence-electron chi connectivity index (χ4n) is 1.24. The Bertz CT molecular complexity index is 396. The fraction of sp³-hybridized carbons (Fsp3) is 0.300. The van der Waals surface area contributed by atoms with Crippen LogP contribution in [0, 0.1) is 17.5 Å². The molecule has 0 atom stereocenters. The van der Waals surface area contributed by atoms with Gasteiger partial charge in [-0.3, -0.25) is 4.79 Å². The van der Waals surface area contributed by atoms with Crippen molar-refractivity contribution >= 4 is 5.97 Å². The Morgan fingerprint density at radius 3 is 2.44 bits per heavy atom. The highest BCUT2D eigenvalue weighted by Gasteiger charge is 2.10. The molecule has 0 aliphatic heterocycles. The van der Waals surface area contributed by atoms with Gasteiger partial charge >= 0.3 is 5.97 Å². The second kappa shape index (κ2) is 5.50. The van der Waals surface area contributed by atoms with Crippen molar-refractivity contribution in [1.82, 2.24) is 0 Å². The first-order valence-electron chi connectivity index (χ1n) is 4.57. The summed E-state index contributed by atoms with van der Waals surface area (Å²) in [6.45, 7) is 0. The van der Waals surface area contributed by atoms with E-state index in [1.54, 1.807) is 0 Å². The number of hydrogen-bond donors (Lipinski definition) is 1. The third-order valence-corrected chi connectivity index (χ3v) is 2.05. The molecule has 0 radical (unpaired) electrons. The number of aryl methyl sites for hydroxylation is 1. The molecule has 0 aliphatic carbocycles. The minimum absolute atomic E-state index is 0.00502. The second-order valence-corrected chi connectivity index (χ2v) is 3.20. The van der Waals surface area contributed by atoms with Crippen LogP contribution in [0.15, 0.2) is 12.1 Å². The molecular formula is C10H10F3NO2. The lowest BCUT2D eigenvalue weighted by Crippen LogP contribution is -2.09. The van der Waals surface area contributed by atoms with E-state index < -0.39 is 23.4 Å². The summed E-state index contributed by atoms with van der Waals surface area (Å²) < 4.78 is 38.4. The van der Waals surface area contributed by atoms with Crippen LogP contribution in [0.1, 0.15) is 18.4 Å². The first-order valence-corrected chi connectivity index (χ1v) is 4.57. The predicted molar refractivity (Wildman–Crippen MR) is 49.5 cm³/mol. The molecule has 0 unspecified atom stereocenters. The monoisotopic (exact) mass is 233 g/mol. The van der Waals surface area contributed by atoms with Crippen LogP contribution in [0.5, 0.6) is 0 Å². The first kappa shape index (κ1) is 12.5. The molecule has 0 aromatic heterocycles. The maximum atomic E-state index is 13.1. The average molecular weight is 233 g/mol. The van der Waals surface area contributed by atoms with Crippen molar-refractivity contribution in [2.75, 3.05) is 0 Å². The van der Waals surface area contributed by atoms with Gasteiger partial charge in [0.2, 0.25) is 0 Å². The summed E-state index contributed by atoms with van der Waals surface area (Å²) >= 11 is 0. The standard InChI is InChI=1S/C10H10F3NO2/c11-7-5-9(13)8(12)4-6(7)2-1-3-10(15)16-14/h4-5H,1-3,14H2. The van der Waals surface area contributed by atoms with Gasteiger partial charge in [0.15, 0.2) is 11.6 Å². The van der Waals surface area contributed by atoms with Crippen LogP contribution in [0.2, 0.25) is 0 Å². The van der Waals surface area contributed by atoms with Crippen LogP contribution < -0.4 is 5.90 Å². The molecule has 0 heterocycles. The number of rotatable bonds is 4. The van der Waals surface area contributed by atoms with Crippen molar-refractivity contribution in [2.45, 2.75) is 19.3 Å². The van der Waals surface area contributed by atoms with Crippen LogP contribution in [0.25, 0.3) is 0 Å². The molecule has 0 saturated carbocycles. The molecule has 0 amide bonds. The molecule has 0 saturated heterocycles. The quantitative estimate of drug-likeness (QED) is 0.637. The summed E-state index contributed by atoms with van der Waals surface area (Å²) in [7, 11) is 0. The van der Waals surface area contributed by atoms with Crippen LogP contribution in [-0.4, -0.2) is 5.97 Å². The molecule has 1 aromatic carbocycles. The van der Waals surface area contributed by atoms with Gasteiger partial charge < -0.3 is 4.84 Å². The molecule has 0 aliphatic rings. The Morgan fingerprint density at radius 1 is 1.19 bits per heavy atom. The van der Waals surface area contributed by atoms with Crippen LogP contribution in [0.4, 0.5) is 13.2 Å². The van der Waals surface area contributed by atoms with Crippen molar-refractivity contribution in [3.05, 3.63) is 35.1 Å². The lowest BCUT2D eigenvalue weighted by atomic mass is 10.1. The van der Waals surface area contributed by atoms with Gasteiger partial charge in [-0.25, -0.2) is 13.2 Å². The van der Waals surface area contributed by atoms with Crippen molar-refractivity contribution in [3.8, 4) is 0 Å². The summed E-state index contributed by atoms with van der Waals surface area (Å²) in [4.78, 5) is 14.5. The number of carbonyl (C=O) groups excluding carboxylic acids is 1. The first-order chi connectivity index (χ1) is 7.54. The normalized spacial score (nSPS) is 10.2. The highest BCUT2D eigenvalue weighted by molar-refractivity contribution is 5.68. The molecule has 0 bridgehead atoms. The summed E-state index contributed by atoms with van der Waals surface area (Å²) in [6, 6.07) is 1.25. The number of benzene rings is 1. The Morgan fingerprint density at radius 2 is 1.81 bits per heavy atom. The number of hydrogen-bond acceptors (Lipinski definition) is 3. The topological polar surface area (TPSA) is 52.3 Å². The van der Waals surface area contributed by atoms with Gasteiger partial charge in [0.05, 0.1) is 0 Å². The van der Waals surface area contributed by atoms with Gasteiger partial charge in [0, 0.05) is 12.5 Å². The van der Waals surface area contributed by atoms with Gasteiger partial charge in [-0.1, -0.05) is 0 Å². The van der Waals surface area contributed by atoms with Gasteiger partial charge in [-0.05, 0) is 24.5 Å². The van der Waals surface area contributed by atoms with Gasteiger partial charge in [-0.15, -0.1) is 0 Å². The number of halogens is 3. The predicted octanol–water partition coefficient (Wildman–Crippen LogP) is 1.84. The van der Waals surface area contributed by atoms with E-state index in [4.69, 9.17) is 0 Å². The van der Waals surface area contributed by atoms with E-state index in [0.29, 0.717) is 6.07 Å². The zero-order valence-electron chi connectivity index (χ0n) is 8.30. The lowest BCUT2D eigenvalue weighted by molar-refractivity contribution is -0.144. The average Bonchev–Trinajstić information content (AvgIpc) is 2.25. The van der Waals surface area contributed by atoms with Crippen molar-refractivity contribution in [3.63, 3.8) is 0 Å². The minimum Gasteiger partial charge on any atom is -0.373 e. The molecule has 16 heavy (non-hydrogen) atoms. The lowest BCUT2D eigenvalue weighted by Gasteiger charge is -2.03. The molecular weight excluding hydrogens is 223 g/mol. The Balaban J connectivity index is 2.60. The summed E-state index contributed by atoms with van der Waals surface area (Å²) in [6.07, 6.45) is 0.352. The van der Waals surface area contributed by atoms with E-state index in [2.05, 4.69) is 10.7 Å². The SMILES string of the molecule is NOC(=O)CCCc1cc(F)c(F)cc1F. The van der Waals surface area contributed by atoms with Crippen molar-refractivity contribution < 1.29 is 22.8 Å². The summed E-state index contributed by atoms with van der Waals surface area (Å²) in [5.41, 5.74) is 0.0173. The Labute approximate surface area is 90.0 Å². The van der Waals surface area contributed by atoms with Gasteiger partial charge in [0.1, 0.15) is 5.82 Å². The van der Waals surface area contributed by atoms with E-state index in [9.17, 15) is 18.0 Å². The van der Waals surface area contributed by atoms with E-state index in [-0.39, 0.29) is 24.8 Å². The maximum Gasteiger partial charge on any atom is 0.324 e. The second-order valence-electron chi connectivity index (χ2n) is 3.20. The zero-order valence-corrected chi connectivity index (χ0v) is 8.30. The minimum atomic E-state index is -1.23. The van der Waals surface area contributed by atoms with E-state index in [1.807, 2.05) is 0 Å². The van der Waals surface area contributed by atoms with Crippen LogP contribution in [0.3, 0.4) is 0 Å². The molecule has 0 spiro atoms. The molecule has 2 N–H and O–H groups in total. The molecule has 3 nitrogen and oxygen atoms in total. The number of carbonyl (C=O) groups is 1. The van der Waals surface area contributed by atoms with Crippen LogP contribution >= 0.6 is 0 Å². The molecule has 88 valence electrons. The maximum absolute atomic E-state index is 13.1. The molecule has 6 heteroatoms. The summed E-state index contributed by atoms with van der Waals surface area (Å²) in [5.74, 6) is 0.776. The third-order valence-electron chi connectivity index (χ3n) is 2.05. The highest BCUT2D eigenvalue weighted by Crippen LogP contribution is 2.15. The van der Waals surface area contributed by atoms with E-state index in [0.717, 1.165) is 6.07 Å². The van der Waals surface area contributed by atoms with Gasteiger partial charge in [0.25, 0.3) is 0 Å². The van der Waals surface area contributed by atoms with Gasteiger partial charge in [-0.2, -0.15) is 5.90 Å².